The number of ether oxygens (including phenoxy) is 1. The fraction of sp³-hybridized carbons (Fsp3) is 0.600. The number of nitrogens with zero attached hydrogens (tertiary/aromatic N) is 1. The number of aliphatic carboxylic acids is 1. The Hall–Kier alpha value is -2.04. The first kappa shape index (κ1) is 16.4. The molecule has 1 N–H and O–H groups in total. The Labute approximate surface area is 148 Å². The molecule has 1 amide bonds. The molecule has 1 saturated heterocycles. The maximum atomic E-state index is 13.2. The van der Waals surface area contributed by atoms with E-state index in [4.69, 9.17) is 9.84 Å². The van der Waals surface area contributed by atoms with Crippen LogP contribution in [-0.4, -0.2) is 41.1 Å². The summed E-state index contributed by atoms with van der Waals surface area (Å²) in [6.07, 6.45) is 5.54. The van der Waals surface area contributed by atoms with Crippen LogP contribution in [0.25, 0.3) is 0 Å². The Morgan fingerprint density at radius 3 is 2.96 bits per heavy atom. The molecular formula is C20H25NO4. The highest BCUT2D eigenvalue weighted by Crippen LogP contribution is 2.61. The lowest BCUT2D eigenvalue weighted by molar-refractivity contribution is -0.141. The summed E-state index contributed by atoms with van der Waals surface area (Å²) in [6.45, 7) is 1.44. The average molecular weight is 343 g/mol. The predicted octanol–water partition coefficient (Wildman–Crippen LogP) is 2.97. The van der Waals surface area contributed by atoms with Crippen LogP contribution in [0.3, 0.4) is 0 Å². The zero-order valence-electron chi connectivity index (χ0n) is 14.4. The van der Waals surface area contributed by atoms with E-state index in [1.54, 1.807) is 0 Å². The van der Waals surface area contributed by atoms with Gasteiger partial charge < -0.3 is 14.7 Å². The summed E-state index contributed by atoms with van der Waals surface area (Å²) in [6, 6.07) is 8.17. The van der Waals surface area contributed by atoms with Crippen LogP contribution in [-0.2, 0) is 15.0 Å². The molecule has 4 rings (SSSR count). The van der Waals surface area contributed by atoms with Crippen molar-refractivity contribution in [3.05, 3.63) is 29.8 Å². The zero-order valence-corrected chi connectivity index (χ0v) is 14.4. The monoisotopic (exact) mass is 343 g/mol. The Kier molecular flexibility index (Phi) is 4.18. The number of piperidine rings is 1. The van der Waals surface area contributed by atoms with Crippen molar-refractivity contribution in [1.82, 2.24) is 4.90 Å². The number of benzene rings is 1. The van der Waals surface area contributed by atoms with E-state index in [9.17, 15) is 9.59 Å². The Bertz CT molecular complexity index is 688. The number of carboxylic acids is 1. The smallest absolute Gasteiger partial charge is 0.303 e. The zero-order chi connectivity index (χ0) is 17.4. The second kappa shape index (κ2) is 6.36. The van der Waals surface area contributed by atoms with Crippen LogP contribution >= 0.6 is 0 Å². The SMILES string of the molecule is O=C(O)CCC1CCCCN1C(=O)C1CC12CCOc1ccccc12. The van der Waals surface area contributed by atoms with Crippen LogP contribution in [0.2, 0.25) is 0 Å². The van der Waals surface area contributed by atoms with Crippen LogP contribution in [0.15, 0.2) is 24.3 Å². The number of carboxylic acid groups (broad SMARTS) is 1. The molecule has 3 unspecified atom stereocenters. The Morgan fingerprint density at radius 1 is 1.28 bits per heavy atom. The van der Waals surface area contributed by atoms with Gasteiger partial charge in [-0.25, -0.2) is 0 Å². The van der Waals surface area contributed by atoms with Gasteiger partial charge in [0.05, 0.1) is 6.61 Å². The Morgan fingerprint density at radius 2 is 2.12 bits per heavy atom. The van der Waals surface area contributed by atoms with Crippen LogP contribution in [0.5, 0.6) is 5.75 Å². The van der Waals surface area contributed by atoms with Crippen molar-refractivity contribution in [2.24, 2.45) is 5.92 Å². The van der Waals surface area contributed by atoms with Gasteiger partial charge >= 0.3 is 5.97 Å². The topological polar surface area (TPSA) is 66.8 Å². The molecule has 0 bridgehead atoms. The maximum Gasteiger partial charge on any atom is 0.303 e. The molecule has 1 aromatic rings. The van der Waals surface area contributed by atoms with Gasteiger partial charge in [0.25, 0.3) is 0 Å². The molecule has 0 aromatic heterocycles. The van der Waals surface area contributed by atoms with E-state index in [-0.39, 0.29) is 29.7 Å². The number of amides is 1. The van der Waals surface area contributed by atoms with Gasteiger partial charge in [-0.2, -0.15) is 0 Å². The molecule has 1 spiro atoms. The van der Waals surface area contributed by atoms with Gasteiger partial charge in [-0.3, -0.25) is 9.59 Å². The first-order valence-electron chi connectivity index (χ1n) is 9.36. The molecule has 25 heavy (non-hydrogen) atoms. The van der Waals surface area contributed by atoms with Crippen molar-refractivity contribution in [3.63, 3.8) is 0 Å². The van der Waals surface area contributed by atoms with Crippen molar-refractivity contribution in [3.8, 4) is 5.75 Å². The lowest BCUT2D eigenvalue weighted by atomic mass is 9.86. The number of rotatable bonds is 4. The number of carbonyl (C=O) groups excluding carboxylic acids is 1. The number of likely N-dealkylation sites (tertiary alicyclic amines) is 1. The standard InChI is InChI=1S/C20H25NO4/c22-18(23)9-8-14-5-3-4-11-21(14)19(24)16-13-20(16)10-12-25-17-7-2-1-6-15(17)20/h1-2,6-7,14,16H,3-5,8-13H2,(H,22,23). The lowest BCUT2D eigenvalue weighted by Gasteiger charge is -2.37. The first-order valence-corrected chi connectivity index (χ1v) is 9.36. The summed E-state index contributed by atoms with van der Waals surface area (Å²) in [7, 11) is 0. The van der Waals surface area contributed by atoms with Gasteiger partial charge in [-0.05, 0) is 44.6 Å². The molecule has 3 aliphatic rings. The van der Waals surface area contributed by atoms with Crippen molar-refractivity contribution >= 4 is 11.9 Å². The van der Waals surface area contributed by atoms with Gasteiger partial charge in [-0.1, -0.05) is 18.2 Å². The second-order valence-electron chi connectivity index (χ2n) is 7.62. The molecule has 134 valence electrons. The summed E-state index contributed by atoms with van der Waals surface area (Å²) in [5.74, 6) is 0.402. The van der Waals surface area contributed by atoms with Gasteiger partial charge in [0.15, 0.2) is 0 Å². The minimum Gasteiger partial charge on any atom is -0.493 e. The molecule has 3 atom stereocenters. The van der Waals surface area contributed by atoms with Gasteiger partial charge in [-0.15, -0.1) is 0 Å². The van der Waals surface area contributed by atoms with Crippen molar-refractivity contribution in [1.29, 1.82) is 0 Å². The average Bonchev–Trinajstić information content (AvgIpc) is 3.34. The van der Waals surface area contributed by atoms with Crippen LogP contribution in [0.4, 0.5) is 0 Å². The quantitative estimate of drug-likeness (QED) is 0.913. The summed E-state index contributed by atoms with van der Waals surface area (Å²) in [5, 5.41) is 8.98. The number of hydrogen-bond acceptors (Lipinski definition) is 3. The first-order chi connectivity index (χ1) is 12.1. The highest BCUT2D eigenvalue weighted by molar-refractivity contribution is 5.85. The summed E-state index contributed by atoms with van der Waals surface area (Å²) in [5.41, 5.74) is 1.12. The van der Waals surface area contributed by atoms with Gasteiger partial charge in [0, 0.05) is 35.9 Å². The van der Waals surface area contributed by atoms with E-state index in [1.807, 2.05) is 23.1 Å². The molecule has 5 heteroatoms. The van der Waals surface area contributed by atoms with Crippen LogP contribution < -0.4 is 4.74 Å². The molecule has 2 heterocycles. The molecule has 1 aliphatic carbocycles. The van der Waals surface area contributed by atoms with Crippen molar-refractivity contribution in [2.75, 3.05) is 13.2 Å². The number of hydrogen-bond donors (Lipinski definition) is 1. The molecule has 5 nitrogen and oxygen atoms in total. The van der Waals surface area contributed by atoms with E-state index in [0.717, 1.165) is 44.4 Å². The highest BCUT2D eigenvalue weighted by atomic mass is 16.5. The number of carbonyl (C=O) groups is 2. The molecule has 0 radical (unpaired) electrons. The van der Waals surface area contributed by atoms with E-state index < -0.39 is 5.97 Å². The van der Waals surface area contributed by atoms with E-state index in [1.165, 1.54) is 5.56 Å². The molecule has 2 aliphatic heterocycles. The third-order valence-electron chi connectivity index (χ3n) is 6.20. The lowest BCUT2D eigenvalue weighted by Crippen LogP contribution is -2.45. The van der Waals surface area contributed by atoms with E-state index in [2.05, 4.69) is 6.07 Å². The molecular weight excluding hydrogens is 318 g/mol. The number of para-hydroxylation sites is 1. The fourth-order valence-electron chi connectivity index (χ4n) is 4.77. The maximum absolute atomic E-state index is 13.2. The highest BCUT2D eigenvalue weighted by Gasteiger charge is 2.62. The number of fused-ring (bicyclic) bond motifs is 2. The van der Waals surface area contributed by atoms with E-state index in [0.29, 0.717) is 13.0 Å². The summed E-state index contributed by atoms with van der Waals surface area (Å²) < 4.78 is 5.77. The van der Waals surface area contributed by atoms with E-state index >= 15 is 0 Å². The Balaban J connectivity index is 1.51. The normalized spacial score (nSPS) is 30.5. The molecule has 1 aromatic carbocycles. The minimum atomic E-state index is -0.778. The second-order valence-corrected chi connectivity index (χ2v) is 7.62. The molecule has 1 saturated carbocycles. The summed E-state index contributed by atoms with van der Waals surface area (Å²) >= 11 is 0. The van der Waals surface area contributed by atoms with Crippen molar-refractivity contribution in [2.45, 2.75) is 56.4 Å². The summed E-state index contributed by atoms with van der Waals surface area (Å²) in [4.78, 5) is 26.2. The minimum absolute atomic E-state index is 0.0305. The fourth-order valence-corrected chi connectivity index (χ4v) is 4.77. The third kappa shape index (κ3) is 2.90. The van der Waals surface area contributed by atoms with Crippen LogP contribution in [0, 0.1) is 5.92 Å². The molecule has 2 fully saturated rings. The van der Waals surface area contributed by atoms with Gasteiger partial charge in [0.1, 0.15) is 5.75 Å². The van der Waals surface area contributed by atoms with Gasteiger partial charge in [0.2, 0.25) is 5.91 Å². The van der Waals surface area contributed by atoms with Crippen LogP contribution in [0.1, 0.15) is 50.5 Å². The largest absolute Gasteiger partial charge is 0.493 e. The predicted molar refractivity (Wildman–Crippen MR) is 92.6 cm³/mol. The third-order valence-corrected chi connectivity index (χ3v) is 6.20. The van der Waals surface area contributed by atoms with Crippen molar-refractivity contribution < 1.29 is 19.4 Å².